The third kappa shape index (κ3) is 5.55. The molecule has 5 nitrogen and oxygen atoms in total. The number of nitrogens with one attached hydrogen (secondary N) is 1. The second-order valence-electron chi connectivity index (χ2n) is 9.32. The van der Waals surface area contributed by atoms with Gasteiger partial charge in [-0.15, -0.1) is 0 Å². The molecule has 0 spiro atoms. The molecule has 1 saturated heterocycles. The largest absolute Gasteiger partial charge is 0.409 e. The van der Waals surface area contributed by atoms with E-state index in [4.69, 9.17) is 9.83 Å². The van der Waals surface area contributed by atoms with E-state index in [1.165, 1.54) is 25.0 Å². The highest BCUT2D eigenvalue weighted by Crippen LogP contribution is 2.26. The Kier molecular flexibility index (Phi) is 7.78. The summed E-state index contributed by atoms with van der Waals surface area (Å²) in [5, 5.41) is 3.45. The average molecular weight is 463 g/mol. The van der Waals surface area contributed by atoms with Gasteiger partial charge in [-0.05, 0) is 99.5 Å². The van der Waals surface area contributed by atoms with Crippen molar-refractivity contribution < 1.29 is 9.23 Å². The molecule has 1 aliphatic heterocycles. The summed E-state index contributed by atoms with van der Waals surface area (Å²) >= 11 is 0. The lowest BCUT2D eigenvalue weighted by atomic mass is 9.82. The van der Waals surface area contributed by atoms with Crippen LogP contribution in [-0.4, -0.2) is 35.1 Å². The summed E-state index contributed by atoms with van der Waals surface area (Å²) in [5.41, 5.74) is 5.56. The third-order valence-corrected chi connectivity index (χ3v) is 7.15. The molecule has 0 bridgehead atoms. The summed E-state index contributed by atoms with van der Waals surface area (Å²) in [6, 6.07) is 9.01. The predicted molar refractivity (Wildman–Crippen MR) is 138 cm³/mol. The summed E-state index contributed by atoms with van der Waals surface area (Å²) in [6.07, 6.45) is 10.2. The van der Waals surface area contributed by atoms with E-state index in [0.717, 1.165) is 52.3 Å². The summed E-state index contributed by atoms with van der Waals surface area (Å²) in [5.74, 6) is 1.02. The first kappa shape index (κ1) is 24.1. The van der Waals surface area contributed by atoms with Gasteiger partial charge in [0, 0.05) is 30.2 Å². The lowest BCUT2D eigenvalue weighted by molar-refractivity contribution is 0.107. The van der Waals surface area contributed by atoms with Crippen molar-refractivity contribution in [2.75, 3.05) is 13.1 Å². The van der Waals surface area contributed by atoms with Gasteiger partial charge >= 0.3 is 0 Å². The van der Waals surface area contributed by atoms with Gasteiger partial charge in [-0.25, -0.2) is 4.39 Å². The van der Waals surface area contributed by atoms with E-state index in [0.29, 0.717) is 5.92 Å². The highest BCUT2D eigenvalue weighted by Gasteiger charge is 2.23. The van der Waals surface area contributed by atoms with E-state index in [9.17, 15) is 4.39 Å². The minimum absolute atomic E-state index is 0.258. The molecule has 3 heterocycles. The maximum atomic E-state index is 13.6. The Hall–Kier alpha value is -2.99. The van der Waals surface area contributed by atoms with E-state index in [2.05, 4.69) is 36.3 Å². The zero-order valence-corrected chi connectivity index (χ0v) is 20.6. The topological polar surface area (TPSA) is 51.4 Å². The molecule has 6 heteroatoms. The molecule has 0 amide bonds. The number of nitrogens with zero attached hydrogens (tertiary/aromatic N) is 3. The smallest absolute Gasteiger partial charge is 0.140 e. The molecule has 1 aromatic carbocycles. The van der Waals surface area contributed by atoms with Gasteiger partial charge in [-0.2, -0.15) is 4.73 Å². The van der Waals surface area contributed by atoms with Crippen LogP contribution in [0.2, 0.25) is 0 Å². The minimum atomic E-state index is -0.258. The van der Waals surface area contributed by atoms with Crippen LogP contribution in [0.3, 0.4) is 0 Å². The molecule has 0 saturated carbocycles. The van der Waals surface area contributed by atoms with Crippen molar-refractivity contribution in [3.8, 4) is 0 Å². The van der Waals surface area contributed by atoms with Crippen molar-refractivity contribution in [2.45, 2.75) is 53.2 Å². The first-order valence-electron chi connectivity index (χ1n) is 12.2. The Morgan fingerprint density at radius 3 is 2.82 bits per heavy atom. The maximum Gasteiger partial charge on any atom is 0.140 e. The Bertz CT molecular complexity index is 1180. The van der Waals surface area contributed by atoms with Crippen molar-refractivity contribution in [1.82, 2.24) is 15.0 Å². The van der Waals surface area contributed by atoms with Gasteiger partial charge in [0.15, 0.2) is 0 Å². The molecule has 34 heavy (non-hydrogen) atoms. The van der Waals surface area contributed by atoms with Crippen LogP contribution in [0.1, 0.15) is 50.3 Å². The molecule has 1 fully saturated rings. The molecule has 3 aromatic rings. The number of aliphatic imine (C=N–C) groups is 1. The molecule has 0 radical (unpaired) electrons. The second-order valence-corrected chi connectivity index (χ2v) is 9.32. The van der Waals surface area contributed by atoms with Crippen LogP contribution in [0.15, 0.2) is 53.8 Å². The molecular weight excluding hydrogens is 427 g/mol. The lowest BCUT2D eigenvalue weighted by Gasteiger charge is -2.30. The number of allylic oxidation sites excluding steroid dienone is 2. The fourth-order valence-corrected chi connectivity index (χ4v) is 4.61. The first-order valence-corrected chi connectivity index (χ1v) is 12.2. The molecular formula is C28H35FN4O. The van der Waals surface area contributed by atoms with Crippen LogP contribution in [0.5, 0.6) is 0 Å². The Balaban J connectivity index is 1.49. The maximum absolute atomic E-state index is 13.6. The minimum Gasteiger partial charge on any atom is -0.409 e. The van der Waals surface area contributed by atoms with Gasteiger partial charge < -0.3 is 10.2 Å². The van der Waals surface area contributed by atoms with Gasteiger partial charge in [0.2, 0.25) is 0 Å². The van der Waals surface area contributed by atoms with Crippen molar-refractivity contribution >= 4 is 22.8 Å². The number of pyridine rings is 1. The SMILES string of the molecule is CC=C(C=NC(C)C(C)C1CCNCC1)c1cnc2ccn(OCc3cc(F)ccc3C)c2c1. The number of aromatic nitrogens is 2. The van der Waals surface area contributed by atoms with E-state index in [-0.39, 0.29) is 18.5 Å². The van der Waals surface area contributed by atoms with Gasteiger partial charge in [0.1, 0.15) is 17.9 Å². The standard InChI is InChI=1S/C28H35FN4O/c1-5-22(16-31-21(4)20(3)23-8-11-30-12-9-23)24-15-28-27(32-17-24)10-13-33(28)34-18-25-14-26(29)7-6-19(25)2/h5-7,10,13-17,20-21,23,30H,8-9,11-12,18H2,1-4H3. The van der Waals surface area contributed by atoms with Gasteiger partial charge in [-0.1, -0.05) is 19.1 Å². The van der Waals surface area contributed by atoms with Gasteiger partial charge in [-0.3, -0.25) is 9.98 Å². The highest BCUT2D eigenvalue weighted by molar-refractivity contribution is 6.10. The van der Waals surface area contributed by atoms with E-state index < -0.39 is 0 Å². The number of aryl methyl sites for hydroxylation is 1. The number of rotatable bonds is 8. The molecule has 2 unspecified atom stereocenters. The average Bonchev–Trinajstić information content (AvgIpc) is 3.27. The quantitative estimate of drug-likeness (QED) is 0.443. The molecule has 4 rings (SSSR count). The fourth-order valence-electron chi connectivity index (χ4n) is 4.61. The van der Waals surface area contributed by atoms with E-state index >= 15 is 0 Å². The Morgan fingerprint density at radius 2 is 2.06 bits per heavy atom. The van der Waals surface area contributed by atoms with Gasteiger partial charge in [0.25, 0.3) is 0 Å². The number of hydrogen-bond acceptors (Lipinski definition) is 4. The van der Waals surface area contributed by atoms with Crippen LogP contribution in [0.4, 0.5) is 4.39 Å². The fraction of sp³-hybridized carbons (Fsp3) is 0.429. The normalized spacial score (nSPS) is 17.4. The second kappa shape index (κ2) is 11.0. The molecule has 1 aliphatic rings. The summed E-state index contributed by atoms with van der Waals surface area (Å²) < 4.78 is 15.3. The number of piperidine rings is 1. The zero-order valence-electron chi connectivity index (χ0n) is 20.6. The third-order valence-electron chi connectivity index (χ3n) is 7.15. The number of fused-ring (bicyclic) bond motifs is 1. The zero-order chi connectivity index (χ0) is 24.1. The van der Waals surface area contributed by atoms with Gasteiger partial charge in [0.05, 0.1) is 5.52 Å². The van der Waals surface area contributed by atoms with Crippen LogP contribution in [-0.2, 0) is 6.61 Å². The van der Waals surface area contributed by atoms with Crippen molar-refractivity contribution in [3.63, 3.8) is 0 Å². The molecule has 2 aromatic heterocycles. The predicted octanol–water partition coefficient (Wildman–Crippen LogP) is 5.61. The van der Waals surface area contributed by atoms with Crippen molar-refractivity contribution in [2.24, 2.45) is 16.8 Å². The first-order chi connectivity index (χ1) is 16.5. The monoisotopic (exact) mass is 462 g/mol. The van der Waals surface area contributed by atoms with Crippen LogP contribution in [0, 0.1) is 24.6 Å². The summed E-state index contributed by atoms with van der Waals surface area (Å²) in [6.45, 7) is 11.0. The van der Waals surface area contributed by atoms with Crippen LogP contribution < -0.4 is 10.2 Å². The van der Waals surface area contributed by atoms with Crippen LogP contribution >= 0.6 is 0 Å². The van der Waals surface area contributed by atoms with Crippen molar-refractivity contribution in [3.05, 3.63) is 71.3 Å². The summed E-state index contributed by atoms with van der Waals surface area (Å²) in [4.78, 5) is 15.5. The van der Waals surface area contributed by atoms with Crippen molar-refractivity contribution in [1.29, 1.82) is 0 Å². The molecule has 2 atom stereocenters. The highest BCUT2D eigenvalue weighted by atomic mass is 19.1. The van der Waals surface area contributed by atoms with Crippen LogP contribution in [0.25, 0.3) is 16.6 Å². The van der Waals surface area contributed by atoms with E-state index in [1.807, 2.05) is 38.5 Å². The molecule has 0 aliphatic carbocycles. The Labute approximate surface area is 201 Å². The molecule has 1 N–H and O–H groups in total. The van der Waals surface area contributed by atoms with E-state index in [1.54, 1.807) is 10.8 Å². The number of halogens is 1. The molecule has 180 valence electrons. The number of hydrogen-bond donors (Lipinski definition) is 1. The Morgan fingerprint density at radius 1 is 1.26 bits per heavy atom. The number of benzene rings is 1. The lowest BCUT2D eigenvalue weighted by Crippen LogP contribution is -2.33. The summed E-state index contributed by atoms with van der Waals surface area (Å²) in [7, 11) is 0.